The number of thiazole rings is 1. The molecule has 0 aliphatic carbocycles. The summed E-state index contributed by atoms with van der Waals surface area (Å²) in [6.45, 7) is 0.0209. The van der Waals surface area contributed by atoms with Gasteiger partial charge in [-0.15, -0.1) is 0 Å². The molecule has 1 fully saturated rings. The molecule has 3 N–H and O–H groups in total. The van der Waals surface area contributed by atoms with Crippen molar-refractivity contribution in [2.45, 2.75) is 6.54 Å². The number of hydrazine groups is 1. The van der Waals surface area contributed by atoms with Gasteiger partial charge in [-0.1, -0.05) is 11.3 Å². The number of carbonyl (C=O) groups excluding carboxylic acids is 3. The van der Waals surface area contributed by atoms with Gasteiger partial charge in [-0.3, -0.25) is 24.8 Å². The number of hydrogen-bond acceptors (Lipinski definition) is 7. The molecular weight excluding hydrogens is 246 g/mol. The molecule has 9 heteroatoms. The van der Waals surface area contributed by atoms with Crippen LogP contribution in [0.4, 0.5) is 9.93 Å². The van der Waals surface area contributed by atoms with E-state index in [1.165, 1.54) is 24.6 Å². The first-order chi connectivity index (χ1) is 8.04. The molecule has 0 atom stereocenters. The average molecular weight is 255 g/mol. The number of imide groups is 2. The first-order valence-electron chi connectivity index (χ1n) is 4.59. The zero-order valence-electron chi connectivity index (χ0n) is 8.84. The summed E-state index contributed by atoms with van der Waals surface area (Å²) in [5.74, 6) is 3.51. The highest BCUT2D eigenvalue weighted by atomic mass is 32.1. The van der Waals surface area contributed by atoms with Gasteiger partial charge >= 0.3 is 17.8 Å². The summed E-state index contributed by atoms with van der Waals surface area (Å²) in [6, 6.07) is -0.629. The fourth-order valence-electron chi connectivity index (χ4n) is 1.36. The molecule has 1 aliphatic heterocycles. The van der Waals surface area contributed by atoms with Gasteiger partial charge in [0.05, 0.1) is 6.54 Å². The third-order valence-electron chi connectivity index (χ3n) is 2.24. The van der Waals surface area contributed by atoms with E-state index in [0.29, 0.717) is 10.0 Å². The number of rotatable bonds is 3. The number of amides is 4. The number of hydrogen-bond donors (Lipinski definition) is 2. The Labute approximate surface area is 100.0 Å². The van der Waals surface area contributed by atoms with Crippen molar-refractivity contribution in [1.29, 1.82) is 0 Å². The molecule has 8 nitrogen and oxygen atoms in total. The fourth-order valence-corrected chi connectivity index (χ4v) is 2.07. The molecule has 0 bridgehead atoms. The minimum absolute atomic E-state index is 0.0209. The van der Waals surface area contributed by atoms with E-state index < -0.39 is 17.8 Å². The number of urea groups is 1. The Morgan fingerprint density at radius 3 is 2.59 bits per heavy atom. The van der Waals surface area contributed by atoms with Crippen LogP contribution in [-0.4, -0.2) is 39.7 Å². The van der Waals surface area contributed by atoms with E-state index in [9.17, 15) is 14.4 Å². The minimum atomic E-state index is -0.826. The van der Waals surface area contributed by atoms with E-state index in [4.69, 9.17) is 5.84 Å². The van der Waals surface area contributed by atoms with Crippen LogP contribution in [0, 0.1) is 0 Å². The third-order valence-corrected chi connectivity index (χ3v) is 3.15. The molecule has 1 saturated heterocycles. The van der Waals surface area contributed by atoms with Crippen molar-refractivity contribution < 1.29 is 14.4 Å². The number of nitrogens with zero attached hydrogens (tertiary/aromatic N) is 3. The molecule has 1 aromatic rings. The molecule has 0 aromatic carbocycles. The lowest BCUT2D eigenvalue weighted by molar-refractivity contribution is -0.143. The largest absolute Gasteiger partial charge is 0.334 e. The second-order valence-corrected chi connectivity index (χ2v) is 4.43. The van der Waals surface area contributed by atoms with Crippen molar-refractivity contribution in [2.24, 2.45) is 5.84 Å². The number of aromatic nitrogens is 1. The maximum atomic E-state index is 11.6. The van der Waals surface area contributed by atoms with E-state index in [-0.39, 0.29) is 6.54 Å². The number of nitrogens with two attached hydrogens (primary N) is 1. The molecule has 4 amide bonds. The van der Waals surface area contributed by atoms with E-state index >= 15 is 0 Å². The van der Waals surface area contributed by atoms with Gasteiger partial charge < -0.3 is 0 Å². The average Bonchev–Trinajstić information content (AvgIpc) is 2.85. The van der Waals surface area contributed by atoms with Gasteiger partial charge in [0.15, 0.2) is 5.13 Å². The fraction of sp³-hybridized carbons (Fsp3) is 0.250. The summed E-state index contributed by atoms with van der Waals surface area (Å²) in [5.41, 5.74) is 2.35. The highest BCUT2D eigenvalue weighted by Gasteiger charge is 2.42. The van der Waals surface area contributed by atoms with Crippen LogP contribution < -0.4 is 11.3 Å². The summed E-state index contributed by atoms with van der Waals surface area (Å²) >= 11 is 1.20. The van der Waals surface area contributed by atoms with Crippen LogP contribution in [0.3, 0.4) is 0 Å². The van der Waals surface area contributed by atoms with E-state index in [0.717, 1.165) is 9.80 Å². The zero-order valence-corrected chi connectivity index (χ0v) is 9.65. The van der Waals surface area contributed by atoms with Crippen molar-refractivity contribution in [1.82, 2.24) is 14.8 Å². The number of likely N-dealkylation sites (N-methyl/N-ethyl adjacent to an activating group) is 1. The Morgan fingerprint density at radius 1 is 1.41 bits per heavy atom. The van der Waals surface area contributed by atoms with Crippen molar-refractivity contribution in [3.8, 4) is 0 Å². The Kier molecular flexibility index (Phi) is 2.77. The number of anilines is 1. The van der Waals surface area contributed by atoms with Crippen molar-refractivity contribution in [3.05, 3.63) is 11.1 Å². The van der Waals surface area contributed by atoms with Crippen LogP contribution in [-0.2, 0) is 16.1 Å². The van der Waals surface area contributed by atoms with Gasteiger partial charge in [0.25, 0.3) is 0 Å². The van der Waals surface area contributed by atoms with Crippen LogP contribution in [0.15, 0.2) is 6.20 Å². The lowest BCUT2D eigenvalue weighted by Crippen LogP contribution is -2.30. The van der Waals surface area contributed by atoms with Crippen molar-refractivity contribution in [2.75, 3.05) is 12.5 Å². The van der Waals surface area contributed by atoms with Crippen LogP contribution in [0.2, 0.25) is 0 Å². The van der Waals surface area contributed by atoms with Gasteiger partial charge in [0.2, 0.25) is 0 Å². The van der Waals surface area contributed by atoms with Gasteiger partial charge in [-0.05, 0) is 0 Å². The predicted octanol–water partition coefficient (Wildman–Crippen LogP) is -0.651. The van der Waals surface area contributed by atoms with Crippen LogP contribution in [0.25, 0.3) is 0 Å². The maximum Gasteiger partial charge on any atom is 0.334 e. The normalized spacial score (nSPS) is 16.0. The van der Waals surface area contributed by atoms with E-state index in [1.54, 1.807) is 0 Å². The SMILES string of the molecule is CN1C(=O)C(=O)N(Cc2cnc(NN)s2)C1=O. The predicted molar refractivity (Wildman–Crippen MR) is 58.6 cm³/mol. The number of nitrogens with one attached hydrogen (secondary N) is 1. The Bertz CT molecular complexity index is 499. The van der Waals surface area contributed by atoms with Gasteiger partial charge in [-0.25, -0.2) is 15.6 Å². The molecule has 0 radical (unpaired) electrons. The Hall–Kier alpha value is -2.00. The maximum absolute atomic E-state index is 11.6. The first-order valence-corrected chi connectivity index (χ1v) is 5.41. The van der Waals surface area contributed by atoms with Crippen LogP contribution >= 0.6 is 11.3 Å². The van der Waals surface area contributed by atoms with E-state index in [1.807, 2.05) is 0 Å². The summed E-state index contributed by atoms with van der Waals surface area (Å²) < 4.78 is 0. The second-order valence-electron chi connectivity index (χ2n) is 3.31. The smallest absolute Gasteiger partial charge is 0.300 e. The van der Waals surface area contributed by atoms with Crippen molar-refractivity contribution >= 4 is 34.3 Å². The molecule has 2 heterocycles. The molecular formula is C8H9N5O3S. The summed E-state index contributed by atoms with van der Waals surface area (Å²) in [4.78, 5) is 40.5. The van der Waals surface area contributed by atoms with E-state index in [2.05, 4.69) is 10.4 Å². The monoisotopic (exact) mass is 255 g/mol. The molecule has 0 unspecified atom stereocenters. The molecule has 1 aliphatic rings. The lowest BCUT2D eigenvalue weighted by Gasteiger charge is -2.10. The first kappa shape index (κ1) is 11.5. The number of carbonyl (C=O) groups is 3. The highest BCUT2D eigenvalue weighted by Crippen LogP contribution is 2.21. The second kappa shape index (κ2) is 4.11. The Morgan fingerprint density at radius 2 is 2.12 bits per heavy atom. The standard InChI is InChI=1S/C8H9N5O3S/c1-12-5(14)6(15)13(8(12)16)3-4-2-10-7(11-9)17-4/h2H,3,9H2,1H3,(H,10,11). The van der Waals surface area contributed by atoms with Crippen LogP contribution in [0.1, 0.15) is 4.88 Å². The molecule has 0 spiro atoms. The quantitative estimate of drug-likeness (QED) is 0.321. The van der Waals surface area contributed by atoms with Crippen LogP contribution in [0.5, 0.6) is 0 Å². The van der Waals surface area contributed by atoms with Gasteiger partial charge in [0.1, 0.15) is 0 Å². The molecule has 90 valence electrons. The molecule has 0 saturated carbocycles. The summed E-state index contributed by atoms with van der Waals surface area (Å²) in [5, 5.41) is 0.471. The topological polar surface area (TPSA) is 109 Å². The molecule has 1 aromatic heterocycles. The lowest BCUT2D eigenvalue weighted by atomic mass is 10.4. The minimum Gasteiger partial charge on any atom is -0.300 e. The summed E-state index contributed by atoms with van der Waals surface area (Å²) in [6.07, 6.45) is 1.49. The third kappa shape index (κ3) is 1.85. The summed E-state index contributed by atoms with van der Waals surface area (Å²) in [7, 11) is 1.27. The zero-order chi connectivity index (χ0) is 12.6. The van der Waals surface area contributed by atoms with Crippen molar-refractivity contribution in [3.63, 3.8) is 0 Å². The number of nitrogen functional groups attached to an aromatic ring is 1. The molecule has 17 heavy (non-hydrogen) atoms. The molecule has 2 rings (SSSR count). The Balaban J connectivity index is 2.16. The highest BCUT2D eigenvalue weighted by molar-refractivity contribution is 7.15. The van der Waals surface area contributed by atoms with Gasteiger partial charge in [0, 0.05) is 18.1 Å². The van der Waals surface area contributed by atoms with Gasteiger partial charge in [-0.2, -0.15) is 0 Å².